The molecular weight excluding hydrogens is 282 g/mol. The maximum atomic E-state index is 13.6. The minimum absolute atomic E-state index is 0.0152. The molecule has 0 aliphatic carbocycles. The fourth-order valence-corrected chi connectivity index (χ4v) is 2.91. The number of benzene rings is 1. The van der Waals surface area contributed by atoms with Gasteiger partial charge in [0, 0.05) is 0 Å². The summed E-state index contributed by atoms with van der Waals surface area (Å²) in [6.45, 7) is 1.79. The lowest BCUT2D eigenvalue weighted by atomic mass is 10.0. The standard InChI is InChI=1S/C12H7Cl2FOS/c1-6-2-3-9(15)7(4-6)11(16)8-5-10(13)17-12(8)14/h2-5H,1H3. The molecular formula is C12H7Cl2FOS. The first-order chi connectivity index (χ1) is 7.99. The summed E-state index contributed by atoms with van der Waals surface area (Å²) in [6, 6.07) is 5.83. The molecule has 2 aromatic rings. The van der Waals surface area contributed by atoms with Gasteiger partial charge in [0.15, 0.2) is 5.78 Å². The highest BCUT2D eigenvalue weighted by molar-refractivity contribution is 7.20. The SMILES string of the molecule is Cc1ccc(F)c(C(=O)c2cc(Cl)sc2Cl)c1. The zero-order valence-corrected chi connectivity index (χ0v) is 11.1. The van der Waals surface area contributed by atoms with Crippen LogP contribution >= 0.6 is 34.5 Å². The Bertz CT molecular complexity index is 592. The van der Waals surface area contributed by atoms with Crippen molar-refractivity contribution in [2.75, 3.05) is 0 Å². The van der Waals surface area contributed by atoms with Gasteiger partial charge in [-0.2, -0.15) is 0 Å². The second-order valence-corrected chi connectivity index (χ2v) is 5.84. The Hall–Kier alpha value is -0.900. The molecule has 0 aliphatic rings. The van der Waals surface area contributed by atoms with E-state index in [1.165, 1.54) is 18.2 Å². The lowest BCUT2D eigenvalue weighted by Gasteiger charge is -2.02. The van der Waals surface area contributed by atoms with Crippen molar-refractivity contribution in [2.45, 2.75) is 6.92 Å². The average molecular weight is 289 g/mol. The van der Waals surface area contributed by atoms with E-state index < -0.39 is 11.6 Å². The van der Waals surface area contributed by atoms with Crippen LogP contribution in [0.3, 0.4) is 0 Å². The molecule has 5 heteroatoms. The first kappa shape index (κ1) is 12.6. The Morgan fingerprint density at radius 2 is 1.94 bits per heavy atom. The highest BCUT2D eigenvalue weighted by Crippen LogP contribution is 2.33. The number of thiophene rings is 1. The molecule has 0 unspecified atom stereocenters. The van der Waals surface area contributed by atoms with Gasteiger partial charge in [-0.1, -0.05) is 34.8 Å². The highest BCUT2D eigenvalue weighted by Gasteiger charge is 2.19. The zero-order chi connectivity index (χ0) is 12.6. The van der Waals surface area contributed by atoms with Gasteiger partial charge in [-0.05, 0) is 25.1 Å². The normalized spacial score (nSPS) is 10.6. The number of carbonyl (C=O) groups excluding carboxylic acids is 1. The molecule has 0 N–H and O–H groups in total. The number of halogens is 3. The van der Waals surface area contributed by atoms with Crippen LogP contribution in [-0.4, -0.2) is 5.78 Å². The molecule has 1 nitrogen and oxygen atoms in total. The van der Waals surface area contributed by atoms with Crippen LogP contribution in [0.5, 0.6) is 0 Å². The molecule has 1 aromatic heterocycles. The largest absolute Gasteiger partial charge is 0.288 e. The molecule has 17 heavy (non-hydrogen) atoms. The smallest absolute Gasteiger partial charge is 0.198 e. The molecule has 0 radical (unpaired) electrons. The number of aryl methyl sites for hydroxylation is 1. The van der Waals surface area contributed by atoms with Crippen LogP contribution in [0.15, 0.2) is 24.3 Å². The minimum Gasteiger partial charge on any atom is -0.288 e. The van der Waals surface area contributed by atoms with Crippen LogP contribution in [-0.2, 0) is 0 Å². The van der Waals surface area contributed by atoms with Crippen molar-refractivity contribution < 1.29 is 9.18 Å². The van der Waals surface area contributed by atoms with Crippen LogP contribution in [0.25, 0.3) is 0 Å². The van der Waals surface area contributed by atoms with Crippen LogP contribution < -0.4 is 0 Å². The van der Waals surface area contributed by atoms with Crippen molar-refractivity contribution in [1.82, 2.24) is 0 Å². The van der Waals surface area contributed by atoms with Gasteiger partial charge in [-0.15, -0.1) is 11.3 Å². The van der Waals surface area contributed by atoms with Gasteiger partial charge in [0.25, 0.3) is 0 Å². The second kappa shape index (κ2) is 4.77. The quantitative estimate of drug-likeness (QED) is 0.730. The Morgan fingerprint density at radius 1 is 1.24 bits per heavy atom. The number of rotatable bonds is 2. The van der Waals surface area contributed by atoms with Gasteiger partial charge in [0.05, 0.1) is 15.5 Å². The van der Waals surface area contributed by atoms with E-state index in [9.17, 15) is 9.18 Å². The predicted octanol–water partition coefficient (Wildman–Crippen LogP) is 4.73. The minimum atomic E-state index is -0.556. The molecule has 0 fully saturated rings. The number of hydrogen-bond donors (Lipinski definition) is 0. The van der Waals surface area contributed by atoms with Crippen molar-refractivity contribution in [3.05, 3.63) is 55.4 Å². The van der Waals surface area contributed by atoms with E-state index in [1.807, 2.05) is 0 Å². The molecule has 0 saturated carbocycles. The van der Waals surface area contributed by atoms with Gasteiger partial charge in [0.1, 0.15) is 10.2 Å². The summed E-state index contributed by atoms with van der Waals surface area (Å²) < 4.78 is 14.2. The van der Waals surface area contributed by atoms with Crippen LogP contribution in [0.1, 0.15) is 21.5 Å². The Balaban J connectivity index is 2.50. The summed E-state index contributed by atoms with van der Waals surface area (Å²) in [5, 5.41) is 0. The van der Waals surface area contributed by atoms with Crippen molar-refractivity contribution in [1.29, 1.82) is 0 Å². The van der Waals surface area contributed by atoms with E-state index in [0.29, 0.717) is 4.34 Å². The third-order valence-electron chi connectivity index (χ3n) is 2.27. The number of hydrogen-bond acceptors (Lipinski definition) is 2. The highest BCUT2D eigenvalue weighted by atomic mass is 35.5. The predicted molar refractivity (Wildman–Crippen MR) is 68.9 cm³/mol. The summed E-state index contributed by atoms with van der Waals surface area (Å²) in [4.78, 5) is 12.1. The fourth-order valence-electron chi connectivity index (χ4n) is 1.45. The van der Waals surface area contributed by atoms with E-state index in [-0.39, 0.29) is 15.5 Å². The summed E-state index contributed by atoms with van der Waals surface area (Å²) in [5.74, 6) is -1.00. The van der Waals surface area contributed by atoms with Crippen molar-refractivity contribution in [3.63, 3.8) is 0 Å². The Morgan fingerprint density at radius 3 is 2.53 bits per heavy atom. The third-order valence-corrected chi connectivity index (χ3v) is 3.76. The van der Waals surface area contributed by atoms with Gasteiger partial charge in [-0.3, -0.25) is 4.79 Å². The lowest BCUT2D eigenvalue weighted by Crippen LogP contribution is -2.04. The molecule has 2 rings (SSSR count). The van der Waals surface area contributed by atoms with Gasteiger partial charge < -0.3 is 0 Å². The molecule has 1 aromatic carbocycles. The number of carbonyl (C=O) groups is 1. The van der Waals surface area contributed by atoms with E-state index in [1.54, 1.807) is 13.0 Å². The molecule has 0 atom stereocenters. The van der Waals surface area contributed by atoms with Crippen LogP contribution in [0, 0.1) is 12.7 Å². The summed E-state index contributed by atoms with van der Waals surface area (Å²) in [5.41, 5.74) is 1.07. The first-order valence-electron chi connectivity index (χ1n) is 4.74. The Labute approximate surface area is 112 Å². The number of ketones is 1. The maximum absolute atomic E-state index is 13.6. The van der Waals surface area contributed by atoms with E-state index >= 15 is 0 Å². The molecule has 0 amide bonds. The van der Waals surface area contributed by atoms with Crippen molar-refractivity contribution >= 4 is 40.3 Å². The summed E-state index contributed by atoms with van der Waals surface area (Å²) >= 11 is 12.7. The Kier molecular flexibility index (Phi) is 3.52. The maximum Gasteiger partial charge on any atom is 0.198 e. The van der Waals surface area contributed by atoms with Crippen LogP contribution in [0.4, 0.5) is 4.39 Å². The molecule has 0 bridgehead atoms. The third kappa shape index (κ3) is 2.51. The monoisotopic (exact) mass is 288 g/mol. The molecule has 0 aliphatic heterocycles. The molecule has 0 spiro atoms. The molecule has 1 heterocycles. The second-order valence-electron chi connectivity index (χ2n) is 3.55. The molecule has 88 valence electrons. The fraction of sp³-hybridized carbons (Fsp3) is 0.0833. The summed E-state index contributed by atoms with van der Waals surface area (Å²) in [6.07, 6.45) is 0. The van der Waals surface area contributed by atoms with Gasteiger partial charge in [-0.25, -0.2) is 4.39 Å². The average Bonchev–Trinajstić information content (AvgIpc) is 2.60. The van der Waals surface area contributed by atoms with Gasteiger partial charge in [0.2, 0.25) is 0 Å². The topological polar surface area (TPSA) is 17.1 Å². The first-order valence-corrected chi connectivity index (χ1v) is 6.32. The van der Waals surface area contributed by atoms with Gasteiger partial charge >= 0.3 is 0 Å². The van der Waals surface area contributed by atoms with E-state index in [0.717, 1.165) is 16.9 Å². The summed E-state index contributed by atoms with van der Waals surface area (Å²) in [7, 11) is 0. The van der Waals surface area contributed by atoms with Crippen molar-refractivity contribution in [2.24, 2.45) is 0 Å². The van der Waals surface area contributed by atoms with E-state index in [2.05, 4.69) is 0 Å². The zero-order valence-electron chi connectivity index (χ0n) is 8.76. The van der Waals surface area contributed by atoms with Crippen LogP contribution in [0.2, 0.25) is 8.67 Å². The lowest BCUT2D eigenvalue weighted by molar-refractivity contribution is 0.103. The van der Waals surface area contributed by atoms with Crippen molar-refractivity contribution in [3.8, 4) is 0 Å². The van der Waals surface area contributed by atoms with E-state index in [4.69, 9.17) is 23.2 Å². The molecule has 0 saturated heterocycles.